The molecule has 0 aliphatic carbocycles. The van der Waals surface area contributed by atoms with Gasteiger partial charge in [0.1, 0.15) is 5.82 Å². The molecule has 0 atom stereocenters. The Labute approximate surface area is 83.2 Å². The van der Waals surface area contributed by atoms with Gasteiger partial charge in [-0.25, -0.2) is 5.84 Å². The minimum Gasteiger partial charge on any atom is -0.478 e. The fourth-order valence-electron chi connectivity index (χ4n) is 0.956. The van der Waals surface area contributed by atoms with Gasteiger partial charge in [0.05, 0.1) is 6.61 Å². The Morgan fingerprint density at radius 3 is 3.00 bits per heavy atom. The van der Waals surface area contributed by atoms with E-state index in [4.69, 9.17) is 15.3 Å². The van der Waals surface area contributed by atoms with Crippen molar-refractivity contribution in [1.29, 1.82) is 0 Å². The lowest BCUT2D eigenvalue weighted by atomic mass is 10.4. The van der Waals surface area contributed by atoms with Crippen molar-refractivity contribution in [2.75, 3.05) is 25.7 Å². The third-order valence-corrected chi connectivity index (χ3v) is 1.61. The number of hydrogen-bond acceptors (Lipinski definition) is 5. The van der Waals surface area contributed by atoms with Gasteiger partial charge in [-0.2, -0.15) is 4.98 Å². The highest BCUT2D eigenvalue weighted by Gasteiger charge is 1.96. The Balaban J connectivity index is 2.34. The molecular weight excluding hydrogens is 182 g/mol. The number of rotatable bonds is 6. The molecule has 0 fully saturated rings. The number of hydrogen-bond donors (Lipinski definition) is 2. The van der Waals surface area contributed by atoms with Gasteiger partial charge in [-0.1, -0.05) is 6.07 Å². The van der Waals surface area contributed by atoms with Crippen LogP contribution >= 0.6 is 0 Å². The summed E-state index contributed by atoms with van der Waals surface area (Å²) in [6, 6.07) is 5.38. The van der Waals surface area contributed by atoms with Gasteiger partial charge in [-0.05, 0) is 6.07 Å². The molecule has 5 heteroatoms. The van der Waals surface area contributed by atoms with Crippen LogP contribution in [0.1, 0.15) is 6.42 Å². The number of pyridine rings is 1. The van der Waals surface area contributed by atoms with Crippen molar-refractivity contribution in [3.63, 3.8) is 0 Å². The molecule has 14 heavy (non-hydrogen) atoms. The first-order valence-electron chi connectivity index (χ1n) is 4.42. The summed E-state index contributed by atoms with van der Waals surface area (Å²) < 4.78 is 10.3. The van der Waals surface area contributed by atoms with Crippen molar-refractivity contribution < 1.29 is 9.47 Å². The average molecular weight is 197 g/mol. The summed E-state index contributed by atoms with van der Waals surface area (Å²) in [4.78, 5) is 4.09. The summed E-state index contributed by atoms with van der Waals surface area (Å²) in [5.74, 6) is 6.37. The zero-order valence-electron chi connectivity index (χ0n) is 8.19. The smallest absolute Gasteiger partial charge is 0.215 e. The van der Waals surface area contributed by atoms with Crippen LogP contribution in [-0.4, -0.2) is 25.3 Å². The highest BCUT2D eigenvalue weighted by atomic mass is 16.5. The van der Waals surface area contributed by atoms with Crippen LogP contribution in [-0.2, 0) is 4.74 Å². The zero-order valence-corrected chi connectivity index (χ0v) is 8.19. The van der Waals surface area contributed by atoms with E-state index in [1.54, 1.807) is 19.2 Å². The van der Waals surface area contributed by atoms with Crippen LogP contribution in [0.2, 0.25) is 0 Å². The molecule has 0 amide bonds. The lowest BCUT2D eigenvalue weighted by Crippen LogP contribution is -2.09. The number of nitrogens with zero attached hydrogens (tertiary/aromatic N) is 1. The molecule has 0 saturated carbocycles. The summed E-state index contributed by atoms with van der Waals surface area (Å²) >= 11 is 0. The Morgan fingerprint density at radius 1 is 1.43 bits per heavy atom. The number of aromatic nitrogens is 1. The van der Waals surface area contributed by atoms with Gasteiger partial charge in [0.2, 0.25) is 5.88 Å². The molecule has 0 bridgehead atoms. The number of nitrogens with two attached hydrogens (primary N) is 1. The molecule has 1 aromatic rings. The molecule has 0 radical (unpaired) electrons. The highest BCUT2D eigenvalue weighted by Crippen LogP contribution is 2.10. The molecule has 1 aromatic heterocycles. The second kappa shape index (κ2) is 6.17. The van der Waals surface area contributed by atoms with Crippen molar-refractivity contribution in [3.05, 3.63) is 18.2 Å². The molecule has 5 nitrogen and oxygen atoms in total. The van der Waals surface area contributed by atoms with Gasteiger partial charge in [0.15, 0.2) is 0 Å². The molecule has 3 N–H and O–H groups in total. The molecule has 1 rings (SSSR count). The summed E-state index contributed by atoms with van der Waals surface area (Å²) in [5, 5.41) is 0. The van der Waals surface area contributed by atoms with Gasteiger partial charge in [0, 0.05) is 26.2 Å². The summed E-state index contributed by atoms with van der Waals surface area (Å²) in [5.41, 5.74) is 2.45. The molecule has 78 valence electrons. The van der Waals surface area contributed by atoms with Crippen molar-refractivity contribution in [3.8, 4) is 5.88 Å². The maximum absolute atomic E-state index is 5.36. The summed E-state index contributed by atoms with van der Waals surface area (Å²) in [7, 11) is 1.66. The third-order valence-electron chi connectivity index (χ3n) is 1.61. The number of nitrogen functional groups attached to an aromatic ring is 1. The zero-order chi connectivity index (χ0) is 10.2. The Kier molecular flexibility index (Phi) is 4.74. The predicted molar refractivity (Wildman–Crippen MR) is 54.0 cm³/mol. The lowest BCUT2D eigenvalue weighted by Gasteiger charge is -2.05. The molecule has 1 heterocycles. The predicted octanol–water partition coefficient (Wildman–Crippen LogP) is 0.782. The second-order valence-electron chi connectivity index (χ2n) is 2.70. The number of hydrazine groups is 1. The number of anilines is 1. The van der Waals surface area contributed by atoms with E-state index >= 15 is 0 Å². The van der Waals surface area contributed by atoms with Crippen LogP contribution in [0.3, 0.4) is 0 Å². The normalized spacial score (nSPS) is 9.86. The van der Waals surface area contributed by atoms with E-state index in [0.29, 0.717) is 24.9 Å². The van der Waals surface area contributed by atoms with Crippen LogP contribution in [0.4, 0.5) is 5.82 Å². The summed E-state index contributed by atoms with van der Waals surface area (Å²) in [6.07, 6.45) is 0.846. The van der Waals surface area contributed by atoms with E-state index in [1.807, 2.05) is 6.07 Å². The van der Waals surface area contributed by atoms with Crippen molar-refractivity contribution in [2.24, 2.45) is 5.84 Å². The largest absolute Gasteiger partial charge is 0.478 e. The van der Waals surface area contributed by atoms with E-state index in [2.05, 4.69) is 10.4 Å². The fourth-order valence-corrected chi connectivity index (χ4v) is 0.956. The molecule has 0 aliphatic heterocycles. The lowest BCUT2D eigenvalue weighted by molar-refractivity contribution is 0.170. The van der Waals surface area contributed by atoms with Crippen LogP contribution in [0.15, 0.2) is 18.2 Å². The van der Waals surface area contributed by atoms with Crippen LogP contribution < -0.4 is 16.0 Å². The van der Waals surface area contributed by atoms with Crippen LogP contribution in [0.5, 0.6) is 5.88 Å². The van der Waals surface area contributed by atoms with Gasteiger partial charge >= 0.3 is 0 Å². The third kappa shape index (κ3) is 3.59. The fraction of sp³-hybridized carbons (Fsp3) is 0.444. The topological polar surface area (TPSA) is 69.4 Å². The average Bonchev–Trinajstić information content (AvgIpc) is 2.25. The van der Waals surface area contributed by atoms with E-state index in [9.17, 15) is 0 Å². The van der Waals surface area contributed by atoms with Crippen molar-refractivity contribution in [2.45, 2.75) is 6.42 Å². The van der Waals surface area contributed by atoms with Gasteiger partial charge < -0.3 is 14.9 Å². The van der Waals surface area contributed by atoms with Gasteiger partial charge in [-0.3, -0.25) is 0 Å². The summed E-state index contributed by atoms with van der Waals surface area (Å²) in [6.45, 7) is 1.28. The number of methoxy groups -OCH3 is 1. The SMILES string of the molecule is COCCCOc1cccc(NN)n1. The Hall–Kier alpha value is -1.33. The van der Waals surface area contributed by atoms with Crippen molar-refractivity contribution >= 4 is 5.82 Å². The molecule has 0 unspecified atom stereocenters. The second-order valence-corrected chi connectivity index (χ2v) is 2.70. The standard InChI is InChI=1S/C9H15N3O2/c1-13-6-3-7-14-9-5-2-4-8(11-9)12-10/h2,4-5H,3,6-7,10H2,1H3,(H,11,12). The Morgan fingerprint density at radius 2 is 2.29 bits per heavy atom. The first-order valence-corrected chi connectivity index (χ1v) is 4.42. The minimum absolute atomic E-state index is 0.566. The van der Waals surface area contributed by atoms with Crippen LogP contribution in [0, 0.1) is 0 Å². The molecule has 0 saturated heterocycles. The first kappa shape index (κ1) is 10.7. The highest BCUT2D eigenvalue weighted by molar-refractivity contribution is 5.35. The molecule has 0 aliphatic rings. The van der Waals surface area contributed by atoms with Gasteiger partial charge in [0.25, 0.3) is 0 Å². The van der Waals surface area contributed by atoms with E-state index < -0.39 is 0 Å². The van der Waals surface area contributed by atoms with E-state index in [0.717, 1.165) is 6.42 Å². The maximum atomic E-state index is 5.36. The number of nitrogens with one attached hydrogen (secondary N) is 1. The monoisotopic (exact) mass is 197 g/mol. The molecule has 0 spiro atoms. The molecular formula is C9H15N3O2. The van der Waals surface area contributed by atoms with Crippen LogP contribution in [0.25, 0.3) is 0 Å². The van der Waals surface area contributed by atoms with E-state index in [1.165, 1.54) is 0 Å². The quantitative estimate of drug-likeness (QED) is 0.400. The minimum atomic E-state index is 0.566. The maximum Gasteiger partial charge on any atom is 0.215 e. The van der Waals surface area contributed by atoms with Crippen molar-refractivity contribution in [1.82, 2.24) is 4.98 Å². The van der Waals surface area contributed by atoms with E-state index in [-0.39, 0.29) is 0 Å². The number of ether oxygens (including phenoxy) is 2. The Bertz CT molecular complexity index is 268. The first-order chi connectivity index (χ1) is 6.86. The molecule has 0 aromatic carbocycles. The van der Waals surface area contributed by atoms with Gasteiger partial charge in [-0.15, -0.1) is 0 Å².